The average molecular weight is 409 g/mol. The highest BCUT2D eigenvalue weighted by atomic mass is 16.7. The third kappa shape index (κ3) is 6.22. The van der Waals surface area contributed by atoms with Gasteiger partial charge < -0.3 is 14.2 Å². The highest BCUT2D eigenvalue weighted by Crippen LogP contribution is 2.30. The lowest BCUT2D eigenvalue weighted by molar-refractivity contribution is -0.200. The molecule has 0 N–H and O–H groups in total. The predicted molar refractivity (Wildman–Crippen MR) is 109 cm³/mol. The second-order valence-electron chi connectivity index (χ2n) is 8.78. The van der Waals surface area contributed by atoms with Crippen molar-refractivity contribution in [3.63, 3.8) is 0 Å². The van der Waals surface area contributed by atoms with E-state index in [1.165, 1.54) is 6.08 Å². The van der Waals surface area contributed by atoms with Crippen molar-refractivity contribution >= 4 is 17.5 Å². The molecule has 0 aromatic rings. The fourth-order valence-corrected chi connectivity index (χ4v) is 4.22. The third-order valence-electron chi connectivity index (χ3n) is 6.30. The molecule has 0 spiro atoms. The molecule has 6 nitrogen and oxygen atoms in total. The number of hydrogen-bond donors (Lipinski definition) is 0. The number of carbonyl (C=O) groups is 3. The molecule has 0 radical (unpaired) electrons. The van der Waals surface area contributed by atoms with E-state index in [0.717, 1.165) is 6.42 Å². The Morgan fingerprint density at radius 2 is 1.76 bits per heavy atom. The third-order valence-corrected chi connectivity index (χ3v) is 6.30. The van der Waals surface area contributed by atoms with E-state index in [1.54, 1.807) is 19.9 Å². The Morgan fingerprint density at radius 1 is 1.07 bits per heavy atom. The smallest absolute Gasteiger partial charge is 0.311 e. The second kappa shape index (κ2) is 10.5. The van der Waals surface area contributed by atoms with Crippen LogP contribution in [-0.2, 0) is 28.6 Å². The monoisotopic (exact) mass is 408 g/mol. The zero-order chi connectivity index (χ0) is 21.7. The van der Waals surface area contributed by atoms with Crippen LogP contribution in [0.5, 0.6) is 0 Å². The molecular formula is C23H36O6. The Hall–Kier alpha value is -1.53. The van der Waals surface area contributed by atoms with E-state index in [1.807, 2.05) is 27.7 Å². The standard InChI is InChI=1S/C23H36O6/c1-7-20-13(2)8-9-18(24)14(3)12-15(4)22(16(5)23(26)28-20)29-21-11-10-19(25)17(6)27-21/h10-11,13-17,20-22H,7-9,12H2,1-6H3/t13-,14-,15+,16-,17-,20?,21-,22?/m1/s1. The van der Waals surface area contributed by atoms with E-state index in [0.29, 0.717) is 19.3 Å². The van der Waals surface area contributed by atoms with Gasteiger partial charge in [0, 0.05) is 12.3 Å². The molecule has 2 aliphatic rings. The lowest BCUT2D eigenvalue weighted by Crippen LogP contribution is -2.42. The molecule has 29 heavy (non-hydrogen) atoms. The first-order valence-electron chi connectivity index (χ1n) is 10.9. The molecule has 1 fully saturated rings. The van der Waals surface area contributed by atoms with E-state index in [2.05, 4.69) is 0 Å². The molecule has 0 bridgehead atoms. The van der Waals surface area contributed by atoms with Gasteiger partial charge >= 0.3 is 5.97 Å². The van der Waals surface area contributed by atoms with E-state index < -0.39 is 24.4 Å². The van der Waals surface area contributed by atoms with Gasteiger partial charge in [0.25, 0.3) is 0 Å². The Kier molecular flexibility index (Phi) is 8.58. The van der Waals surface area contributed by atoms with Crippen LogP contribution in [0.25, 0.3) is 0 Å². The van der Waals surface area contributed by atoms with Gasteiger partial charge in [-0.05, 0) is 57.1 Å². The second-order valence-corrected chi connectivity index (χ2v) is 8.78. The number of rotatable bonds is 3. The lowest BCUT2D eigenvalue weighted by Gasteiger charge is -2.35. The van der Waals surface area contributed by atoms with Crippen molar-refractivity contribution < 1.29 is 28.6 Å². The number of hydrogen-bond acceptors (Lipinski definition) is 6. The molecule has 2 heterocycles. The molecule has 8 atom stereocenters. The molecule has 2 aliphatic heterocycles. The zero-order valence-electron chi connectivity index (χ0n) is 18.6. The number of ketones is 2. The maximum Gasteiger partial charge on any atom is 0.311 e. The van der Waals surface area contributed by atoms with Crippen molar-refractivity contribution in [3.05, 3.63) is 12.2 Å². The summed E-state index contributed by atoms with van der Waals surface area (Å²) < 4.78 is 17.6. The molecule has 0 aromatic carbocycles. The van der Waals surface area contributed by atoms with Gasteiger partial charge in [0.05, 0.1) is 12.0 Å². The number of Topliss-reactive ketones (excluding diaryl/α,β-unsaturated/α-hetero) is 1. The van der Waals surface area contributed by atoms with Crippen LogP contribution >= 0.6 is 0 Å². The van der Waals surface area contributed by atoms with Crippen LogP contribution in [0.15, 0.2) is 12.2 Å². The Labute approximate surface area is 174 Å². The van der Waals surface area contributed by atoms with Gasteiger partial charge in [0.1, 0.15) is 18.0 Å². The van der Waals surface area contributed by atoms with Gasteiger partial charge in [-0.3, -0.25) is 14.4 Å². The van der Waals surface area contributed by atoms with Gasteiger partial charge in [-0.15, -0.1) is 0 Å². The zero-order valence-corrected chi connectivity index (χ0v) is 18.6. The first kappa shape index (κ1) is 23.7. The van der Waals surface area contributed by atoms with Gasteiger partial charge in [-0.2, -0.15) is 0 Å². The normalized spacial score (nSPS) is 40.1. The first-order chi connectivity index (χ1) is 13.6. The minimum Gasteiger partial charge on any atom is -0.462 e. The van der Waals surface area contributed by atoms with Gasteiger partial charge in [0.15, 0.2) is 12.1 Å². The van der Waals surface area contributed by atoms with Gasteiger partial charge in [-0.25, -0.2) is 0 Å². The summed E-state index contributed by atoms with van der Waals surface area (Å²) in [7, 11) is 0. The fraction of sp³-hybridized carbons (Fsp3) is 0.783. The summed E-state index contributed by atoms with van der Waals surface area (Å²) in [6.45, 7) is 11.4. The lowest BCUT2D eigenvalue weighted by atomic mass is 9.83. The minimum absolute atomic E-state index is 0.0571. The molecule has 0 aromatic heterocycles. The van der Waals surface area contributed by atoms with E-state index in [-0.39, 0.29) is 41.4 Å². The highest BCUT2D eigenvalue weighted by molar-refractivity contribution is 5.93. The summed E-state index contributed by atoms with van der Waals surface area (Å²) in [6.07, 6.45) is 3.60. The van der Waals surface area contributed by atoms with Crippen LogP contribution in [0.4, 0.5) is 0 Å². The number of cyclic esters (lactones) is 1. The van der Waals surface area contributed by atoms with Crippen LogP contribution in [0, 0.1) is 23.7 Å². The largest absolute Gasteiger partial charge is 0.462 e. The van der Waals surface area contributed by atoms with Crippen molar-refractivity contribution in [2.75, 3.05) is 0 Å². The van der Waals surface area contributed by atoms with E-state index >= 15 is 0 Å². The SMILES string of the molecule is CCC1OC(=O)[C@H](C)C(O[C@@H]2C=CC(=O)[C@@H](C)O2)[C@@H](C)C[C@@H](C)C(=O)CC[C@H]1C. The molecule has 0 amide bonds. The van der Waals surface area contributed by atoms with Crippen LogP contribution in [0.2, 0.25) is 0 Å². The van der Waals surface area contributed by atoms with Crippen molar-refractivity contribution in [2.24, 2.45) is 23.7 Å². The van der Waals surface area contributed by atoms with Crippen molar-refractivity contribution in [1.29, 1.82) is 0 Å². The number of carbonyl (C=O) groups excluding carboxylic acids is 3. The van der Waals surface area contributed by atoms with Crippen LogP contribution in [0.1, 0.15) is 67.2 Å². The van der Waals surface area contributed by atoms with Crippen molar-refractivity contribution in [3.8, 4) is 0 Å². The Balaban J connectivity index is 2.25. The summed E-state index contributed by atoms with van der Waals surface area (Å²) in [5.74, 6) is -0.706. The van der Waals surface area contributed by atoms with E-state index in [9.17, 15) is 14.4 Å². The summed E-state index contributed by atoms with van der Waals surface area (Å²) in [6, 6.07) is 0. The van der Waals surface area contributed by atoms with Crippen LogP contribution < -0.4 is 0 Å². The van der Waals surface area contributed by atoms with E-state index in [4.69, 9.17) is 14.2 Å². The van der Waals surface area contributed by atoms with Crippen molar-refractivity contribution in [2.45, 2.75) is 91.8 Å². The van der Waals surface area contributed by atoms with Gasteiger partial charge in [0.2, 0.25) is 0 Å². The van der Waals surface area contributed by atoms with Crippen LogP contribution in [-0.4, -0.2) is 42.1 Å². The summed E-state index contributed by atoms with van der Waals surface area (Å²) >= 11 is 0. The summed E-state index contributed by atoms with van der Waals surface area (Å²) in [5.41, 5.74) is 0. The molecule has 1 saturated heterocycles. The minimum atomic E-state index is -0.704. The fourth-order valence-electron chi connectivity index (χ4n) is 4.22. The molecule has 0 saturated carbocycles. The predicted octanol–water partition coefficient (Wildman–Crippen LogP) is 3.86. The quantitative estimate of drug-likeness (QED) is 0.660. The number of esters is 1. The van der Waals surface area contributed by atoms with Crippen LogP contribution in [0.3, 0.4) is 0 Å². The molecule has 164 valence electrons. The molecular weight excluding hydrogens is 372 g/mol. The maximum absolute atomic E-state index is 12.9. The van der Waals surface area contributed by atoms with Crippen molar-refractivity contribution in [1.82, 2.24) is 0 Å². The Bertz CT molecular complexity index is 627. The summed E-state index contributed by atoms with van der Waals surface area (Å²) in [5, 5.41) is 0. The average Bonchev–Trinajstić information content (AvgIpc) is 2.68. The molecule has 0 aliphatic carbocycles. The molecule has 2 unspecified atom stereocenters. The molecule has 6 heteroatoms. The first-order valence-corrected chi connectivity index (χ1v) is 10.9. The number of ether oxygens (including phenoxy) is 3. The Morgan fingerprint density at radius 3 is 2.38 bits per heavy atom. The molecule has 2 rings (SSSR count). The van der Waals surface area contributed by atoms with Gasteiger partial charge in [-0.1, -0.05) is 27.7 Å². The topological polar surface area (TPSA) is 78.9 Å². The summed E-state index contributed by atoms with van der Waals surface area (Å²) in [4.78, 5) is 37.2. The maximum atomic E-state index is 12.9. The highest BCUT2D eigenvalue weighted by Gasteiger charge is 2.37.